The quantitative estimate of drug-likeness (QED) is 0.848. The summed E-state index contributed by atoms with van der Waals surface area (Å²) in [7, 11) is 0. The van der Waals surface area contributed by atoms with E-state index in [1.165, 1.54) is 0 Å². The second kappa shape index (κ2) is 7.43. The van der Waals surface area contributed by atoms with Gasteiger partial charge in [0.05, 0.1) is 6.20 Å². The highest BCUT2D eigenvalue weighted by molar-refractivity contribution is 6.35. The molecule has 2 N–H and O–H groups in total. The highest BCUT2D eigenvalue weighted by atomic mass is 35.5. The third-order valence-corrected chi connectivity index (χ3v) is 3.27. The summed E-state index contributed by atoms with van der Waals surface area (Å²) >= 11 is 12.0. The molecule has 112 valence electrons. The van der Waals surface area contributed by atoms with Crippen molar-refractivity contribution in [1.82, 2.24) is 15.2 Å². The lowest BCUT2D eigenvalue weighted by atomic mass is 10.1. The Labute approximate surface area is 134 Å². The van der Waals surface area contributed by atoms with Crippen LogP contribution in [0.3, 0.4) is 0 Å². The van der Waals surface area contributed by atoms with Gasteiger partial charge in [0, 0.05) is 22.6 Å². The zero-order chi connectivity index (χ0) is 15.2. The third-order valence-electron chi connectivity index (χ3n) is 2.69. The average molecular weight is 326 g/mol. The predicted molar refractivity (Wildman–Crippen MR) is 87.2 cm³/mol. The fourth-order valence-electron chi connectivity index (χ4n) is 1.78. The topological polar surface area (TPSA) is 62.7 Å². The van der Waals surface area contributed by atoms with Crippen LogP contribution in [0, 0.1) is 0 Å². The summed E-state index contributed by atoms with van der Waals surface area (Å²) in [6.07, 6.45) is 2.35. The first-order chi connectivity index (χ1) is 10.0. The van der Waals surface area contributed by atoms with E-state index < -0.39 is 0 Å². The number of benzene rings is 1. The zero-order valence-corrected chi connectivity index (χ0v) is 13.4. The first kappa shape index (κ1) is 15.8. The van der Waals surface area contributed by atoms with Crippen LogP contribution in [-0.4, -0.2) is 27.8 Å². The van der Waals surface area contributed by atoms with E-state index in [-0.39, 0.29) is 0 Å². The Morgan fingerprint density at radius 2 is 2.05 bits per heavy atom. The SMILES string of the molecule is CC(C)Nc1cnnc(NCCc2ccc(Cl)cc2Cl)n1. The molecule has 1 aromatic carbocycles. The molecule has 0 radical (unpaired) electrons. The number of aromatic nitrogens is 3. The molecule has 0 aliphatic rings. The molecule has 1 aromatic heterocycles. The monoisotopic (exact) mass is 325 g/mol. The average Bonchev–Trinajstić information content (AvgIpc) is 2.41. The minimum Gasteiger partial charge on any atom is -0.366 e. The van der Waals surface area contributed by atoms with Gasteiger partial charge in [-0.1, -0.05) is 29.3 Å². The summed E-state index contributed by atoms with van der Waals surface area (Å²) in [5, 5.41) is 15.5. The van der Waals surface area contributed by atoms with Crippen molar-refractivity contribution in [2.75, 3.05) is 17.2 Å². The van der Waals surface area contributed by atoms with Crippen LogP contribution in [0.5, 0.6) is 0 Å². The lowest BCUT2D eigenvalue weighted by molar-refractivity contribution is 0.866. The van der Waals surface area contributed by atoms with Gasteiger partial charge in [0.2, 0.25) is 5.95 Å². The van der Waals surface area contributed by atoms with Crippen LogP contribution in [0.25, 0.3) is 0 Å². The van der Waals surface area contributed by atoms with Crippen LogP contribution >= 0.6 is 23.2 Å². The number of nitrogens with zero attached hydrogens (tertiary/aromatic N) is 3. The molecule has 0 fully saturated rings. The minimum absolute atomic E-state index is 0.294. The van der Waals surface area contributed by atoms with Crippen molar-refractivity contribution in [1.29, 1.82) is 0 Å². The number of nitrogens with one attached hydrogen (secondary N) is 2. The predicted octanol–water partition coefficient (Wildman–Crippen LogP) is 3.65. The molecular weight excluding hydrogens is 309 g/mol. The van der Waals surface area contributed by atoms with Crippen molar-refractivity contribution in [2.24, 2.45) is 0 Å². The van der Waals surface area contributed by atoms with E-state index >= 15 is 0 Å². The van der Waals surface area contributed by atoms with E-state index in [0.717, 1.165) is 12.0 Å². The minimum atomic E-state index is 0.294. The Kier molecular flexibility index (Phi) is 5.59. The molecule has 0 saturated carbocycles. The van der Waals surface area contributed by atoms with Crippen LogP contribution in [0.2, 0.25) is 10.0 Å². The number of halogens is 2. The van der Waals surface area contributed by atoms with Crippen molar-refractivity contribution in [2.45, 2.75) is 26.3 Å². The second-order valence-electron chi connectivity index (χ2n) is 4.88. The summed E-state index contributed by atoms with van der Waals surface area (Å²) in [6.45, 7) is 4.74. The van der Waals surface area contributed by atoms with Crippen molar-refractivity contribution in [3.63, 3.8) is 0 Å². The van der Waals surface area contributed by atoms with Gasteiger partial charge >= 0.3 is 0 Å². The molecule has 5 nitrogen and oxygen atoms in total. The van der Waals surface area contributed by atoms with Gasteiger partial charge in [-0.15, -0.1) is 5.10 Å². The molecule has 0 amide bonds. The van der Waals surface area contributed by atoms with Crippen LogP contribution < -0.4 is 10.6 Å². The first-order valence-electron chi connectivity index (χ1n) is 6.68. The van der Waals surface area contributed by atoms with Gasteiger partial charge in [0.15, 0.2) is 5.82 Å². The van der Waals surface area contributed by atoms with Crippen molar-refractivity contribution in [3.05, 3.63) is 40.0 Å². The lowest BCUT2D eigenvalue weighted by Crippen LogP contribution is -2.14. The Morgan fingerprint density at radius 1 is 1.24 bits per heavy atom. The molecule has 0 aliphatic carbocycles. The molecule has 0 aliphatic heterocycles. The number of anilines is 2. The summed E-state index contributed by atoms with van der Waals surface area (Å²) < 4.78 is 0. The van der Waals surface area contributed by atoms with E-state index in [9.17, 15) is 0 Å². The molecule has 2 aromatic rings. The molecule has 0 spiro atoms. The molecule has 2 rings (SSSR count). The van der Waals surface area contributed by atoms with Gasteiger partial charge in [0.1, 0.15) is 0 Å². The fraction of sp³-hybridized carbons (Fsp3) is 0.357. The van der Waals surface area contributed by atoms with Crippen molar-refractivity contribution < 1.29 is 0 Å². The largest absolute Gasteiger partial charge is 0.366 e. The fourth-order valence-corrected chi connectivity index (χ4v) is 2.28. The van der Waals surface area contributed by atoms with Crippen LogP contribution in [0.15, 0.2) is 24.4 Å². The summed E-state index contributed by atoms with van der Waals surface area (Å²) in [4.78, 5) is 4.33. The molecule has 21 heavy (non-hydrogen) atoms. The van der Waals surface area contributed by atoms with E-state index in [1.807, 2.05) is 26.0 Å². The van der Waals surface area contributed by atoms with Gasteiger partial charge < -0.3 is 10.6 Å². The van der Waals surface area contributed by atoms with Gasteiger partial charge in [-0.05, 0) is 38.0 Å². The second-order valence-corrected chi connectivity index (χ2v) is 5.72. The lowest BCUT2D eigenvalue weighted by Gasteiger charge is -2.10. The maximum Gasteiger partial charge on any atom is 0.244 e. The number of hydrogen-bond donors (Lipinski definition) is 2. The molecule has 0 unspecified atom stereocenters. The Hall–Kier alpha value is -1.59. The highest BCUT2D eigenvalue weighted by Gasteiger charge is 2.04. The van der Waals surface area contributed by atoms with Gasteiger partial charge in [-0.2, -0.15) is 10.1 Å². The van der Waals surface area contributed by atoms with Crippen molar-refractivity contribution >= 4 is 35.0 Å². The standard InChI is InChI=1S/C14H17Cl2N5/c1-9(2)19-13-8-18-21-14(20-13)17-6-5-10-3-4-11(15)7-12(10)16/h3-4,7-9H,5-6H2,1-2H3,(H2,17,19,20,21). The van der Waals surface area contributed by atoms with E-state index in [2.05, 4.69) is 25.8 Å². The van der Waals surface area contributed by atoms with E-state index in [1.54, 1.807) is 12.3 Å². The molecule has 0 saturated heterocycles. The van der Waals surface area contributed by atoms with Crippen LogP contribution in [0.4, 0.5) is 11.8 Å². The molecule has 7 heteroatoms. The first-order valence-corrected chi connectivity index (χ1v) is 7.44. The Morgan fingerprint density at radius 3 is 2.76 bits per heavy atom. The smallest absolute Gasteiger partial charge is 0.244 e. The normalized spacial score (nSPS) is 10.7. The number of hydrogen-bond acceptors (Lipinski definition) is 5. The van der Waals surface area contributed by atoms with Gasteiger partial charge in [0.25, 0.3) is 0 Å². The summed E-state index contributed by atoms with van der Waals surface area (Å²) in [5.41, 5.74) is 1.03. The van der Waals surface area contributed by atoms with E-state index in [0.29, 0.717) is 34.4 Å². The maximum atomic E-state index is 6.13. The molecular formula is C14H17Cl2N5. The maximum absolute atomic E-state index is 6.13. The van der Waals surface area contributed by atoms with Crippen LogP contribution in [0.1, 0.15) is 19.4 Å². The molecule has 0 atom stereocenters. The Balaban J connectivity index is 1.91. The van der Waals surface area contributed by atoms with Gasteiger partial charge in [-0.3, -0.25) is 0 Å². The molecule has 0 bridgehead atoms. The summed E-state index contributed by atoms with van der Waals surface area (Å²) in [6, 6.07) is 5.78. The van der Waals surface area contributed by atoms with Crippen LogP contribution in [-0.2, 0) is 6.42 Å². The Bertz CT molecular complexity index is 604. The zero-order valence-electron chi connectivity index (χ0n) is 11.9. The third kappa shape index (κ3) is 5.02. The van der Waals surface area contributed by atoms with Crippen molar-refractivity contribution in [3.8, 4) is 0 Å². The molecule has 1 heterocycles. The van der Waals surface area contributed by atoms with E-state index in [4.69, 9.17) is 23.2 Å². The summed E-state index contributed by atoms with van der Waals surface area (Å²) in [5.74, 6) is 1.19. The van der Waals surface area contributed by atoms with Gasteiger partial charge in [-0.25, -0.2) is 0 Å². The highest BCUT2D eigenvalue weighted by Crippen LogP contribution is 2.21. The number of rotatable bonds is 6.